The molecule has 1 fully saturated rings. The van der Waals surface area contributed by atoms with Crippen molar-refractivity contribution < 1.29 is 4.79 Å². The number of amides is 1. The maximum atomic E-state index is 12.4. The van der Waals surface area contributed by atoms with E-state index in [0.29, 0.717) is 0 Å². The molecule has 100 valence electrons. The average molecular weight is 331 g/mol. The zero-order chi connectivity index (χ0) is 13.0. The number of thiophene rings is 1. The first-order chi connectivity index (χ1) is 8.72. The average Bonchev–Trinajstić information content (AvgIpc) is 2.64. The lowest BCUT2D eigenvalue weighted by Gasteiger charge is -2.21. The first-order valence-electron chi connectivity index (χ1n) is 6.34. The molecule has 0 radical (unpaired) electrons. The Balaban J connectivity index is 1.98. The van der Waals surface area contributed by atoms with E-state index in [4.69, 9.17) is 0 Å². The lowest BCUT2D eigenvalue weighted by atomic mass is 10.2. The zero-order valence-electron chi connectivity index (χ0n) is 10.7. The second-order valence-corrected chi connectivity index (χ2v) is 6.32. The normalized spacial score (nSPS) is 17.8. The third-order valence-electron chi connectivity index (χ3n) is 3.33. The van der Waals surface area contributed by atoms with Crippen LogP contribution in [0, 0.1) is 6.92 Å². The van der Waals surface area contributed by atoms with Crippen LogP contribution >= 0.6 is 27.3 Å². The van der Waals surface area contributed by atoms with Crippen molar-refractivity contribution in [2.24, 2.45) is 0 Å². The molecule has 0 aromatic carbocycles. The number of halogens is 1. The molecule has 0 aliphatic carbocycles. The van der Waals surface area contributed by atoms with E-state index in [9.17, 15) is 4.79 Å². The lowest BCUT2D eigenvalue weighted by Crippen LogP contribution is -2.35. The molecule has 1 aromatic rings. The third-order valence-corrected chi connectivity index (χ3v) is 4.69. The van der Waals surface area contributed by atoms with Crippen molar-refractivity contribution in [2.75, 3.05) is 38.1 Å². The van der Waals surface area contributed by atoms with Crippen LogP contribution in [0.2, 0.25) is 0 Å². The molecule has 1 saturated heterocycles. The quantitative estimate of drug-likeness (QED) is 0.795. The minimum Gasteiger partial charge on any atom is -0.337 e. The molecule has 2 rings (SSSR count). The number of rotatable bonds is 3. The topological polar surface area (TPSA) is 23.6 Å². The van der Waals surface area contributed by atoms with E-state index in [0.717, 1.165) is 54.9 Å². The highest BCUT2D eigenvalue weighted by molar-refractivity contribution is 9.09. The summed E-state index contributed by atoms with van der Waals surface area (Å²) in [7, 11) is 0. The summed E-state index contributed by atoms with van der Waals surface area (Å²) in [6.07, 6.45) is 1.07. The second-order valence-electron chi connectivity index (χ2n) is 4.61. The Morgan fingerprint density at radius 1 is 1.39 bits per heavy atom. The molecule has 2 heterocycles. The number of hydrogen-bond acceptors (Lipinski definition) is 3. The molecule has 1 aliphatic heterocycles. The lowest BCUT2D eigenvalue weighted by molar-refractivity contribution is 0.0766. The Bertz CT molecular complexity index is 407. The van der Waals surface area contributed by atoms with Gasteiger partial charge in [-0.2, -0.15) is 0 Å². The van der Waals surface area contributed by atoms with Gasteiger partial charge in [-0.25, -0.2) is 0 Å². The molecule has 1 amide bonds. The van der Waals surface area contributed by atoms with Crippen LogP contribution in [0.15, 0.2) is 11.4 Å². The molecular formula is C13H19BrN2OS. The Hall–Kier alpha value is -0.390. The SMILES string of the molecule is Cc1ccsc1C(=O)N1CCCN(CCBr)CC1. The van der Waals surface area contributed by atoms with Crippen LogP contribution in [0.5, 0.6) is 0 Å². The van der Waals surface area contributed by atoms with Crippen LogP contribution < -0.4 is 0 Å². The molecule has 3 nitrogen and oxygen atoms in total. The van der Waals surface area contributed by atoms with Gasteiger partial charge in [0.15, 0.2) is 0 Å². The smallest absolute Gasteiger partial charge is 0.264 e. The van der Waals surface area contributed by atoms with Crippen LogP contribution in [0.25, 0.3) is 0 Å². The van der Waals surface area contributed by atoms with Crippen LogP contribution in [-0.4, -0.2) is 53.8 Å². The van der Waals surface area contributed by atoms with Crippen molar-refractivity contribution in [1.29, 1.82) is 0 Å². The van der Waals surface area contributed by atoms with E-state index < -0.39 is 0 Å². The first-order valence-corrected chi connectivity index (χ1v) is 8.34. The van der Waals surface area contributed by atoms with Gasteiger partial charge in [0.25, 0.3) is 5.91 Å². The first kappa shape index (κ1) is 14.0. The van der Waals surface area contributed by atoms with Crippen LogP contribution in [0.3, 0.4) is 0 Å². The van der Waals surface area contributed by atoms with Crippen molar-refractivity contribution in [2.45, 2.75) is 13.3 Å². The molecule has 0 spiro atoms. The number of carbonyl (C=O) groups excluding carboxylic acids is 1. The number of hydrogen-bond donors (Lipinski definition) is 0. The fraction of sp³-hybridized carbons (Fsp3) is 0.615. The highest BCUT2D eigenvalue weighted by Gasteiger charge is 2.21. The molecule has 0 bridgehead atoms. The fourth-order valence-corrected chi connectivity index (χ4v) is 3.65. The van der Waals surface area contributed by atoms with Gasteiger partial charge in [0, 0.05) is 31.5 Å². The van der Waals surface area contributed by atoms with Crippen LogP contribution in [-0.2, 0) is 0 Å². The Kier molecular flexibility index (Phi) is 5.21. The van der Waals surface area contributed by atoms with E-state index in [1.165, 1.54) is 0 Å². The van der Waals surface area contributed by atoms with Gasteiger partial charge in [-0.15, -0.1) is 11.3 Å². The second kappa shape index (κ2) is 6.68. The van der Waals surface area contributed by atoms with Crippen LogP contribution in [0.1, 0.15) is 21.7 Å². The molecule has 0 N–H and O–H groups in total. The number of alkyl halides is 1. The number of carbonyl (C=O) groups is 1. The van der Waals surface area contributed by atoms with Gasteiger partial charge in [0.05, 0.1) is 4.88 Å². The van der Waals surface area contributed by atoms with Crippen molar-refractivity contribution in [1.82, 2.24) is 9.80 Å². The monoisotopic (exact) mass is 330 g/mol. The van der Waals surface area contributed by atoms with E-state index in [1.807, 2.05) is 23.3 Å². The molecule has 0 saturated carbocycles. The fourth-order valence-electron chi connectivity index (χ4n) is 2.25. The van der Waals surface area contributed by atoms with Crippen molar-refractivity contribution in [3.8, 4) is 0 Å². The minimum atomic E-state index is 0.211. The summed E-state index contributed by atoms with van der Waals surface area (Å²) in [5, 5.41) is 3.00. The molecule has 1 aliphatic rings. The molecule has 18 heavy (non-hydrogen) atoms. The zero-order valence-corrected chi connectivity index (χ0v) is 13.1. The summed E-state index contributed by atoms with van der Waals surface area (Å²) in [4.78, 5) is 17.7. The van der Waals surface area contributed by atoms with E-state index >= 15 is 0 Å². The number of nitrogens with zero attached hydrogens (tertiary/aromatic N) is 2. The Morgan fingerprint density at radius 2 is 2.22 bits per heavy atom. The van der Waals surface area contributed by atoms with Gasteiger partial charge in [-0.3, -0.25) is 4.79 Å². The summed E-state index contributed by atoms with van der Waals surface area (Å²) in [6, 6.07) is 2.02. The van der Waals surface area contributed by atoms with Crippen LogP contribution in [0.4, 0.5) is 0 Å². The van der Waals surface area contributed by atoms with Crippen molar-refractivity contribution >= 4 is 33.2 Å². The Morgan fingerprint density at radius 3 is 2.89 bits per heavy atom. The van der Waals surface area contributed by atoms with Gasteiger partial charge in [-0.1, -0.05) is 15.9 Å². The van der Waals surface area contributed by atoms with Gasteiger partial charge >= 0.3 is 0 Å². The van der Waals surface area contributed by atoms with E-state index in [-0.39, 0.29) is 5.91 Å². The summed E-state index contributed by atoms with van der Waals surface area (Å²) in [5.41, 5.74) is 1.10. The molecule has 0 atom stereocenters. The Labute approximate surface area is 121 Å². The van der Waals surface area contributed by atoms with E-state index in [2.05, 4.69) is 20.8 Å². The largest absolute Gasteiger partial charge is 0.337 e. The summed E-state index contributed by atoms with van der Waals surface area (Å²) in [6.45, 7) is 6.90. The highest BCUT2D eigenvalue weighted by Crippen LogP contribution is 2.18. The molecule has 1 aromatic heterocycles. The predicted molar refractivity (Wildman–Crippen MR) is 79.8 cm³/mol. The minimum absolute atomic E-state index is 0.211. The molecule has 0 unspecified atom stereocenters. The maximum absolute atomic E-state index is 12.4. The standard InChI is InChI=1S/C13H19BrN2OS/c1-11-3-10-18-12(11)13(17)16-6-2-5-15(7-4-14)8-9-16/h3,10H,2,4-9H2,1H3. The van der Waals surface area contributed by atoms with Gasteiger partial charge in [0.2, 0.25) is 0 Å². The van der Waals surface area contributed by atoms with Gasteiger partial charge in [-0.05, 0) is 36.9 Å². The summed E-state index contributed by atoms with van der Waals surface area (Å²) in [5.74, 6) is 0.211. The maximum Gasteiger partial charge on any atom is 0.264 e. The molecular weight excluding hydrogens is 312 g/mol. The highest BCUT2D eigenvalue weighted by atomic mass is 79.9. The third kappa shape index (κ3) is 3.33. The predicted octanol–water partition coefficient (Wildman–Crippen LogP) is 2.60. The van der Waals surface area contributed by atoms with E-state index in [1.54, 1.807) is 11.3 Å². The molecule has 5 heteroatoms. The summed E-state index contributed by atoms with van der Waals surface area (Å²) >= 11 is 5.03. The van der Waals surface area contributed by atoms with Crippen molar-refractivity contribution in [3.05, 3.63) is 21.9 Å². The van der Waals surface area contributed by atoms with Gasteiger partial charge in [0.1, 0.15) is 0 Å². The summed E-state index contributed by atoms with van der Waals surface area (Å²) < 4.78 is 0. The van der Waals surface area contributed by atoms with Gasteiger partial charge < -0.3 is 9.80 Å². The number of aryl methyl sites for hydroxylation is 1. The van der Waals surface area contributed by atoms with Crippen molar-refractivity contribution in [3.63, 3.8) is 0 Å².